The predicted molar refractivity (Wildman–Crippen MR) is 73.8 cm³/mol. The topological polar surface area (TPSA) is 75.8 Å². The summed E-state index contributed by atoms with van der Waals surface area (Å²) in [6.45, 7) is 5.96. The van der Waals surface area contributed by atoms with E-state index < -0.39 is 10.5 Å². The molecule has 0 aliphatic rings. The Kier molecular flexibility index (Phi) is 4.72. The van der Waals surface area contributed by atoms with Gasteiger partial charge < -0.3 is 14.7 Å². The average Bonchev–Trinajstić information content (AvgIpc) is 2.26. The Morgan fingerprint density at radius 2 is 2.11 bits per heavy atom. The summed E-state index contributed by atoms with van der Waals surface area (Å²) in [5.74, 6) is 0.243. The number of nitro benzene ring substituents is 1. The van der Waals surface area contributed by atoms with Crippen molar-refractivity contribution in [1.29, 1.82) is 0 Å². The number of aliphatic hydroxyl groups is 1. The highest BCUT2D eigenvalue weighted by Gasteiger charge is 2.20. The summed E-state index contributed by atoms with van der Waals surface area (Å²) in [5.41, 5.74) is -0.138. The molecular formula is C13H20N2O4. The van der Waals surface area contributed by atoms with Crippen LogP contribution in [0.3, 0.4) is 0 Å². The first-order chi connectivity index (χ1) is 8.74. The standard InChI is InChI=1S/C13H20N2O4/c1-5-19-12-8-10(6-7-11(12)15(17)18)14(4)9-13(2,3)16/h6-8,16H,5,9H2,1-4H3. The molecule has 0 radical (unpaired) electrons. The van der Waals surface area contributed by atoms with Crippen LogP contribution in [0, 0.1) is 10.1 Å². The first-order valence-corrected chi connectivity index (χ1v) is 6.09. The Bertz CT molecular complexity index is 454. The Morgan fingerprint density at radius 1 is 1.47 bits per heavy atom. The van der Waals surface area contributed by atoms with E-state index in [1.165, 1.54) is 6.07 Å². The third-order valence-corrected chi connectivity index (χ3v) is 2.50. The largest absolute Gasteiger partial charge is 0.487 e. The molecule has 0 fully saturated rings. The van der Waals surface area contributed by atoms with Crippen molar-refractivity contribution in [2.75, 3.05) is 25.1 Å². The number of likely N-dealkylation sites (N-methyl/N-ethyl adjacent to an activating group) is 1. The molecule has 0 saturated carbocycles. The second-order valence-corrected chi connectivity index (χ2v) is 5.01. The van der Waals surface area contributed by atoms with Crippen LogP contribution < -0.4 is 9.64 Å². The maximum Gasteiger partial charge on any atom is 0.311 e. The van der Waals surface area contributed by atoms with Crippen LogP contribution in [-0.4, -0.2) is 35.8 Å². The molecule has 19 heavy (non-hydrogen) atoms. The number of benzene rings is 1. The third-order valence-electron chi connectivity index (χ3n) is 2.50. The van der Waals surface area contributed by atoms with E-state index in [1.807, 2.05) is 11.9 Å². The maximum atomic E-state index is 10.9. The summed E-state index contributed by atoms with van der Waals surface area (Å²) in [6, 6.07) is 4.68. The van der Waals surface area contributed by atoms with E-state index in [1.54, 1.807) is 32.9 Å². The smallest absolute Gasteiger partial charge is 0.311 e. The number of nitrogens with zero attached hydrogens (tertiary/aromatic N) is 2. The van der Waals surface area contributed by atoms with Crippen LogP contribution in [0.15, 0.2) is 18.2 Å². The Labute approximate surface area is 112 Å². The quantitative estimate of drug-likeness (QED) is 0.632. The zero-order valence-electron chi connectivity index (χ0n) is 11.7. The molecule has 6 nitrogen and oxygen atoms in total. The van der Waals surface area contributed by atoms with Crippen molar-refractivity contribution in [3.63, 3.8) is 0 Å². The van der Waals surface area contributed by atoms with E-state index in [9.17, 15) is 15.2 Å². The lowest BCUT2D eigenvalue weighted by atomic mass is 10.1. The Morgan fingerprint density at radius 3 is 2.58 bits per heavy atom. The van der Waals surface area contributed by atoms with E-state index in [0.717, 1.165) is 5.69 Å². The fourth-order valence-corrected chi connectivity index (χ4v) is 1.83. The zero-order valence-corrected chi connectivity index (χ0v) is 11.7. The molecule has 0 aromatic heterocycles. The van der Waals surface area contributed by atoms with E-state index in [0.29, 0.717) is 13.2 Å². The van der Waals surface area contributed by atoms with Gasteiger partial charge in [-0.05, 0) is 26.8 Å². The van der Waals surface area contributed by atoms with Crippen LogP contribution in [0.25, 0.3) is 0 Å². The SMILES string of the molecule is CCOc1cc(N(C)CC(C)(C)O)ccc1[N+](=O)[O-]. The summed E-state index contributed by atoms with van der Waals surface area (Å²) in [5, 5.41) is 20.7. The number of ether oxygens (including phenoxy) is 1. The number of anilines is 1. The monoisotopic (exact) mass is 268 g/mol. The van der Waals surface area contributed by atoms with Crippen molar-refractivity contribution < 1.29 is 14.8 Å². The van der Waals surface area contributed by atoms with Crippen molar-refractivity contribution in [2.24, 2.45) is 0 Å². The van der Waals surface area contributed by atoms with Crippen LogP contribution in [0.2, 0.25) is 0 Å². The first kappa shape index (κ1) is 15.2. The molecule has 0 bridgehead atoms. The maximum absolute atomic E-state index is 10.9. The van der Waals surface area contributed by atoms with Crippen molar-refractivity contribution in [1.82, 2.24) is 0 Å². The fraction of sp³-hybridized carbons (Fsp3) is 0.538. The van der Waals surface area contributed by atoms with E-state index in [-0.39, 0.29) is 11.4 Å². The molecule has 0 heterocycles. The molecule has 0 saturated heterocycles. The molecule has 106 valence electrons. The Hall–Kier alpha value is -1.82. The van der Waals surface area contributed by atoms with Gasteiger partial charge in [0.05, 0.1) is 17.1 Å². The highest BCUT2D eigenvalue weighted by molar-refractivity contribution is 5.59. The minimum absolute atomic E-state index is 0.0535. The zero-order chi connectivity index (χ0) is 14.6. The lowest BCUT2D eigenvalue weighted by Crippen LogP contribution is -2.36. The number of rotatable bonds is 6. The third kappa shape index (κ3) is 4.40. The van der Waals surface area contributed by atoms with Gasteiger partial charge >= 0.3 is 5.69 Å². The van der Waals surface area contributed by atoms with Gasteiger partial charge in [0.25, 0.3) is 0 Å². The van der Waals surface area contributed by atoms with Gasteiger partial charge in [0.15, 0.2) is 5.75 Å². The highest BCUT2D eigenvalue weighted by atomic mass is 16.6. The summed E-state index contributed by atoms with van der Waals surface area (Å²) < 4.78 is 5.29. The van der Waals surface area contributed by atoms with Gasteiger partial charge in [-0.1, -0.05) is 0 Å². The molecule has 0 amide bonds. The molecule has 0 aliphatic heterocycles. The van der Waals surface area contributed by atoms with Crippen LogP contribution in [0.5, 0.6) is 5.75 Å². The summed E-state index contributed by atoms with van der Waals surface area (Å²) in [6.07, 6.45) is 0. The van der Waals surface area contributed by atoms with Crippen molar-refractivity contribution in [3.8, 4) is 5.75 Å². The number of nitro groups is 1. The van der Waals surface area contributed by atoms with Crippen LogP contribution in [0.1, 0.15) is 20.8 Å². The molecule has 0 atom stereocenters. The van der Waals surface area contributed by atoms with E-state index >= 15 is 0 Å². The minimum Gasteiger partial charge on any atom is -0.487 e. The first-order valence-electron chi connectivity index (χ1n) is 6.09. The summed E-state index contributed by atoms with van der Waals surface area (Å²) in [4.78, 5) is 12.2. The molecule has 0 aliphatic carbocycles. The van der Waals surface area contributed by atoms with Gasteiger partial charge in [-0.3, -0.25) is 10.1 Å². The Balaban J connectivity index is 3.04. The normalized spacial score (nSPS) is 11.2. The van der Waals surface area contributed by atoms with Gasteiger partial charge in [-0.2, -0.15) is 0 Å². The van der Waals surface area contributed by atoms with Crippen LogP contribution >= 0.6 is 0 Å². The van der Waals surface area contributed by atoms with Crippen molar-refractivity contribution >= 4 is 11.4 Å². The van der Waals surface area contributed by atoms with Gasteiger partial charge in [0.1, 0.15) is 0 Å². The average molecular weight is 268 g/mol. The van der Waals surface area contributed by atoms with Gasteiger partial charge in [-0.25, -0.2) is 0 Å². The van der Waals surface area contributed by atoms with Crippen molar-refractivity contribution in [2.45, 2.75) is 26.4 Å². The van der Waals surface area contributed by atoms with Crippen molar-refractivity contribution in [3.05, 3.63) is 28.3 Å². The predicted octanol–water partition coefficient (Wildman–Crippen LogP) is 2.20. The minimum atomic E-state index is -0.845. The van der Waals surface area contributed by atoms with E-state index in [4.69, 9.17) is 4.74 Å². The summed E-state index contributed by atoms with van der Waals surface area (Å²) >= 11 is 0. The highest BCUT2D eigenvalue weighted by Crippen LogP contribution is 2.31. The molecule has 0 spiro atoms. The lowest BCUT2D eigenvalue weighted by molar-refractivity contribution is -0.385. The molecule has 6 heteroatoms. The van der Waals surface area contributed by atoms with Crippen LogP contribution in [-0.2, 0) is 0 Å². The van der Waals surface area contributed by atoms with Gasteiger partial charge in [-0.15, -0.1) is 0 Å². The second kappa shape index (κ2) is 5.88. The number of hydrogen-bond acceptors (Lipinski definition) is 5. The van der Waals surface area contributed by atoms with E-state index in [2.05, 4.69) is 0 Å². The summed E-state index contributed by atoms with van der Waals surface area (Å²) in [7, 11) is 1.81. The molecule has 1 aromatic carbocycles. The van der Waals surface area contributed by atoms with Gasteiger partial charge in [0.2, 0.25) is 0 Å². The molecule has 1 rings (SSSR count). The second-order valence-electron chi connectivity index (χ2n) is 5.01. The molecule has 1 N–H and O–H groups in total. The molecule has 0 unspecified atom stereocenters. The van der Waals surface area contributed by atoms with Crippen LogP contribution in [0.4, 0.5) is 11.4 Å². The number of hydrogen-bond donors (Lipinski definition) is 1. The fourth-order valence-electron chi connectivity index (χ4n) is 1.83. The van der Waals surface area contributed by atoms with Gasteiger partial charge in [0, 0.05) is 31.4 Å². The lowest BCUT2D eigenvalue weighted by Gasteiger charge is -2.27. The molecule has 1 aromatic rings. The molecular weight excluding hydrogens is 248 g/mol.